The molecule has 1 aliphatic heterocycles. The molecule has 8 heteroatoms. The number of nitro benzene ring substituents is 1. The fourth-order valence-corrected chi connectivity index (χ4v) is 4.62. The van der Waals surface area contributed by atoms with E-state index in [1.165, 1.54) is 17.8 Å². The van der Waals surface area contributed by atoms with Crippen LogP contribution < -0.4 is 5.32 Å². The summed E-state index contributed by atoms with van der Waals surface area (Å²) in [6, 6.07) is 12.1. The Bertz CT molecular complexity index is 890. The van der Waals surface area contributed by atoms with Crippen LogP contribution in [0.25, 0.3) is 0 Å². The molecule has 1 heterocycles. The number of carbonyl (C=O) groups is 1. The van der Waals surface area contributed by atoms with Gasteiger partial charge in [0.2, 0.25) is 0 Å². The SMILES string of the molecule is CCN1CCCC1CNC(=O)c1ccc(Sc2ccccc2CO)c([N+](=O)[O-])c1. The Labute approximate surface area is 174 Å². The molecule has 29 heavy (non-hydrogen) atoms. The Morgan fingerprint density at radius 3 is 2.83 bits per heavy atom. The predicted octanol–water partition coefficient (Wildman–Crippen LogP) is 3.45. The first-order valence-corrected chi connectivity index (χ1v) is 10.5. The fourth-order valence-electron chi connectivity index (χ4n) is 3.60. The van der Waals surface area contributed by atoms with Crippen molar-refractivity contribution in [3.05, 3.63) is 63.7 Å². The fraction of sp³-hybridized carbons (Fsp3) is 0.381. The van der Waals surface area contributed by atoms with Crippen molar-refractivity contribution >= 4 is 23.4 Å². The maximum atomic E-state index is 12.5. The Morgan fingerprint density at radius 2 is 2.10 bits per heavy atom. The molecule has 3 rings (SSSR count). The molecule has 2 aromatic rings. The van der Waals surface area contributed by atoms with E-state index in [1.807, 2.05) is 18.2 Å². The third-order valence-corrected chi connectivity index (χ3v) is 6.37. The molecule has 0 radical (unpaired) electrons. The van der Waals surface area contributed by atoms with Crippen molar-refractivity contribution in [3.63, 3.8) is 0 Å². The van der Waals surface area contributed by atoms with E-state index in [-0.39, 0.29) is 23.8 Å². The van der Waals surface area contributed by atoms with Gasteiger partial charge in [0.25, 0.3) is 11.6 Å². The summed E-state index contributed by atoms with van der Waals surface area (Å²) in [5, 5.41) is 24.0. The summed E-state index contributed by atoms with van der Waals surface area (Å²) in [6.45, 7) is 4.50. The number of nitro groups is 1. The van der Waals surface area contributed by atoms with Crippen LogP contribution in [0, 0.1) is 10.1 Å². The highest BCUT2D eigenvalue weighted by atomic mass is 32.2. The van der Waals surface area contributed by atoms with Gasteiger partial charge in [0.05, 0.1) is 16.4 Å². The van der Waals surface area contributed by atoms with E-state index in [0.717, 1.165) is 30.8 Å². The van der Waals surface area contributed by atoms with E-state index < -0.39 is 4.92 Å². The van der Waals surface area contributed by atoms with Crippen LogP contribution in [0.2, 0.25) is 0 Å². The van der Waals surface area contributed by atoms with Gasteiger partial charge in [-0.3, -0.25) is 19.8 Å². The summed E-state index contributed by atoms with van der Waals surface area (Å²) < 4.78 is 0. The maximum absolute atomic E-state index is 12.5. The maximum Gasteiger partial charge on any atom is 0.284 e. The average Bonchev–Trinajstić information content (AvgIpc) is 3.20. The number of aliphatic hydroxyl groups excluding tert-OH is 1. The number of aliphatic hydroxyl groups is 1. The summed E-state index contributed by atoms with van der Waals surface area (Å²) >= 11 is 1.21. The lowest BCUT2D eigenvalue weighted by Gasteiger charge is -2.22. The lowest BCUT2D eigenvalue weighted by Crippen LogP contribution is -2.40. The molecule has 1 atom stereocenters. The molecule has 154 valence electrons. The van der Waals surface area contributed by atoms with Crippen molar-refractivity contribution in [2.45, 2.75) is 42.2 Å². The number of carbonyl (C=O) groups excluding carboxylic acids is 1. The molecule has 1 amide bonds. The molecule has 0 saturated carbocycles. The first-order chi connectivity index (χ1) is 14.0. The van der Waals surface area contributed by atoms with Crippen LogP contribution in [-0.4, -0.2) is 46.5 Å². The highest BCUT2D eigenvalue weighted by Gasteiger charge is 2.24. The van der Waals surface area contributed by atoms with Crippen LogP contribution in [0.4, 0.5) is 5.69 Å². The Morgan fingerprint density at radius 1 is 1.31 bits per heavy atom. The highest BCUT2D eigenvalue weighted by molar-refractivity contribution is 7.99. The zero-order chi connectivity index (χ0) is 20.8. The first kappa shape index (κ1) is 21.3. The van der Waals surface area contributed by atoms with Crippen molar-refractivity contribution in [1.82, 2.24) is 10.2 Å². The van der Waals surface area contributed by atoms with Gasteiger partial charge >= 0.3 is 0 Å². The van der Waals surface area contributed by atoms with Gasteiger partial charge in [-0.1, -0.05) is 36.9 Å². The molecule has 1 saturated heterocycles. The number of hydrogen-bond donors (Lipinski definition) is 2. The molecule has 0 bridgehead atoms. The number of likely N-dealkylation sites (tertiary alicyclic amines) is 1. The molecular formula is C21H25N3O4S. The number of nitrogens with one attached hydrogen (secondary N) is 1. The molecule has 0 spiro atoms. The summed E-state index contributed by atoms with van der Waals surface area (Å²) in [4.78, 5) is 27.2. The van der Waals surface area contributed by atoms with Crippen LogP contribution in [0.3, 0.4) is 0 Å². The van der Waals surface area contributed by atoms with Crippen molar-refractivity contribution in [2.24, 2.45) is 0 Å². The van der Waals surface area contributed by atoms with Crippen molar-refractivity contribution < 1.29 is 14.8 Å². The van der Waals surface area contributed by atoms with E-state index in [1.54, 1.807) is 18.2 Å². The first-order valence-electron chi connectivity index (χ1n) is 9.70. The molecule has 1 aliphatic rings. The summed E-state index contributed by atoms with van der Waals surface area (Å²) in [5.74, 6) is -0.302. The zero-order valence-electron chi connectivity index (χ0n) is 16.3. The molecule has 2 aromatic carbocycles. The lowest BCUT2D eigenvalue weighted by atomic mass is 10.1. The van der Waals surface area contributed by atoms with Gasteiger partial charge in [-0.05, 0) is 49.7 Å². The van der Waals surface area contributed by atoms with E-state index in [0.29, 0.717) is 23.0 Å². The monoisotopic (exact) mass is 415 g/mol. The molecule has 0 aliphatic carbocycles. The lowest BCUT2D eigenvalue weighted by molar-refractivity contribution is -0.387. The van der Waals surface area contributed by atoms with E-state index in [9.17, 15) is 20.0 Å². The number of likely N-dealkylation sites (N-methyl/N-ethyl adjacent to an activating group) is 1. The van der Waals surface area contributed by atoms with Crippen molar-refractivity contribution in [1.29, 1.82) is 0 Å². The van der Waals surface area contributed by atoms with E-state index in [4.69, 9.17) is 0 Å². The van der Waals surface area contributed by atoms with Gasteiger partial charge in [-0.25, -0.2) is 0 Å². The predicted molar refractivity (Wildman–Crippen MR) is 112 cm³/mol. The van der Waals surface area contributed by atoms with Crippen LogP contribution in [0.15, 0.2) is 52.3 Å². The van der Waals surface area contributed by atoms with E-state index in [2.05, 4.69) is 17.1 Å². The molecule has 1 fully saturated rings. The van der Waals surface area contributed by atoms with Crippen LogP contribution in [-0.2, 0) is 6.61 Å². The molecule has 1 unspecified atom stereocenters. The second kappa shape index (κ2) is 9.87. The normalized spacial score (nSPS) is 16.7. The standard InChI is InChI=1S/C21H25N3O4S/c1-2-23-11-5-7-17(23)13-22-21(26)15-9-10-20(18(12-15)24(27)28)29-19-8-4-3-6-16(19)14-25/h3-4,6,8-10,12,17,25H,2,5,7,11,13-14H2,1H3,(H,22,26). The second-order valence-electron chi connectivity index (χ2n) is 6.94. The topological polar surface area (TPSA) is 95.7 Å². The van der Waals surface area contributed by atoms with Crippen molar-refractivity contribution in [2.75, 3.05) is 19.6 Å². The quantitative estimate of drug-likeness (QED) is 0.506. The average molecular weight is 416 g/mol. The minimum atomic E-state index is -0.476. The van der Waals surface area contributed by atoms with E-state index >= 15 is 0 Å². The smallest absolute Gasteiger partial charge is 0.284 e. The second-order valence-corrected chi connectivity index (χ2v) is 8.03. The number of nitrogens with zero attached hydrogens (tertiary/aromatic N) is 2. The van der Waals surface area contributed by atoms with Gasteiger partial charge in [-0.2, -0.15) is 0 Å². The third kappa shape index (κ3) is 5.14. The summed E-state index contributed by atoms with van der Waals surface area (Å²) in [7, 11) is 0. The number of amides is 1. The van der Waals surface area contributed by atoms with Crippen LogP contribution in [0.5, 0.6) is 0 Å². The van der Waals surface area contributed by atoms with Crippen LogP contribution >= 0.6 is 11.8 Å². The van der Waals surface area contributed by atoms with Crippen molar-refractivity contribution in [3.8, 4) is 0 Å². The Balaban J connectivity index is 1.75. The third-order valence-electron chi connectivity index (χ3n) is 5.18. The largest absolute Gasteiger partial charge is 0.392 e. The molecule has 7 nitrogen and oxygen atoms in total. The molecular weight excluding hydrogens is 390 g/mol. The number of hydrogen-bond acceptors (Lipinski definition) is 6. The van der Waals surface area contributed by atoms with Crippen LogP contribution in [0.1, 0.15) is 35.7 Å². The van der Waals surface area contributed by atoms with Gasteiger partial charge in [-0.15, -0.1) is 0 Å². The summed E-state index contributed by atoms with van der Waals surface area (Å²) in [5.41, 5.74) is 0.856. The minimum Gasteiger partial charge on any atom is -0.392 e. The Hall–Kier alpha value is -2.42. The highest BCUT2D eigenvalue weighted by Crippen LogP contribution is 2.37. The van der Waals surface area contributed by atoms with Gasteiger partial charge < -0.3 is 10.4 Å². The van der Waals surface area contributed by atoms with Gasteiger partial charge in [0, 0.05) is 29.1 Å². The Kier molecular flexibility index (Phi) is 7.24. The minimum absolute atomic E-state index is 0.119. The zero-order valence-corrected chi connectivity index (χ0v) is 17.2. The molecule has 0 aromatic heterocycles. The summed E-state index contributed by atoms with van der Waals surface area (Å²) in [6.07, 6.45) is 2.18. The number of benzene rings is 2. The van der Waals surface area contributed by atoms with Gasteiger partial charge in [0.1, 0.15) is 0 Å². The molecule has 2 N–H and O–H groups in total. The number of rotatable bonds is 8. The van der Waals surface area contributed by atoms with Gasteiger partial charge in [0.15, 0.2) is 0 Å².